The van der Waals surface area contributed by atoms with Crippen molar-refractivity contribution in [3.63, 3.8) is 0 Å². The van der Waals surface area contributed by atoms with Gasteiger partial charge in [-0.25, -0.2) is 0 Å². The molecule has 2 aliphatic rings. The third kappa shape index (κ3) is 7.05. The van der Waals surface area contributed by atoms with Crippen molar-refractivity contribution in [1.82, 2.24) is 0 Å². The summed E-state index contributed by atoms with van der Waals surface area (Å²) in [4.78, 5) is 47.6. The molecule has 0 saturated heterocycles. The third-order valence-corrected chi connectivity index (χ3v) is 5.28. The molecular weight excluding hydrogens is 400 g/mol. The Hall–Kier alpha value is -2.96. The third-order valence-electron chi connectivity index (χ3n) is 5.28. The van der Waals surface area contributed by atoms with E-state index in [-0.39, 0.29) is 12.2 Å². The highest BCUT2D eigenvalue weighted by Gasteiger charge is 2.42. The van der Waals surface area contributed by atoms with Crippen LogP contribution in [-0.4, -0.2) is 30.3 Å². The van der Waals surface area contributed by atoms with E-state index >= 15 is 0 Å². The average Bonchev–Trinajstić information content (AvgIpc) is 2.79. The van der Waals surface area contributed by atoms with E-state index in [2.05, 4.69) is 0 Å². The molecule has 1 aliphatic carbocycles. The second kappa shape index (κ2) is 11.4. The first-order valence-electron chi connectivity index (χ1n) is 10.4. The lowest BCUT2D eigenvalue weighted by Crippen LogP contribution is -2.40. The van der Waals surface area contributed by atoms with Gasteiger partial charge in [-0.05, 0) is 50.7 Å². The van der Waals surface area contributed by atoms with Gasteiger partial charge in [0.05, 0.1) is 18.4 Å². The van der Waals surface area contributed by atoms with Crippen molar-refractivity contribution in [3.8, 4) is 0 Å². The molecule has 31 heavy (non-hydrogen) atoms. The highest BCUT2D eigenvalue weighted by Crippen LogP contribution is 2.42. The predicted octanol–water partition coefficient (Wildman–Crippen LogP) is 4.09. The summed E-state index contributed by atoms with van der Waals surface area (Å²) in [7, 11) is 0. The van der Waals surface area contributed by atoms with Crippen molar-refractivity contribution in [2.45, 2.75) is 66.1 Å². The summed E-state index contributed by atoms with van der Waals surface area (Å²) in [6, 6.07) is 0. The Kier molecular flexibility index (Phi) is 8.97. The summed E-state index contributed by atoms with van der Waals surface area (Å²) in [6.45, 7) is 6.41. The van der Waals surface area contributed by atoms with Crippen LogP contribution in [0, 0.1) is 11.8 Å². The number of hydrogen-bond acceptors (Lipinski definition) is 7. The number of allylic oxidation sites excluding steroid dienone is 5. The minimum Gasteiger partial charge on any atom is -0.461 e. The average molecular weight is 430 g/mol. The molecule has 2 rings (SSSR count). The summed E-state index contributed by atoms with van der Waals surface area (Å²) < 4.78 is 16.3. The van der Waals surface area contributed by atoms with E-state index in [0.717, 1.165) is 11.9 Å². The van der Waals surface area contributed by atoms with Gasteiger partial charge in [-0.3, -0.25) is 19.2 Å². The van der Waals surface area contributed by atoms with Gasteiger partial charge < -0.3 is 14.2 Å². The second-order valence-corrected chi connectivity index (χ2v) is 8.02. The molecule has 0 radical (unpaired) electrons. The molecule has 0 amide bonds. The van der Waals surface area contributed by atoms with Gasteiger partial charge in [0.2, 0.25) is 0 Å². The molecule has 0 unspecified atom stereocenters. The Bertz CT molecular complexity index is 840. The maximum atomic E-state index is 13.0. The van der Waals surface area contributed by atoms with Crippen LogP contribution < -0.4 is 0 Å². The van der Waals surface area contributed by atoms with E-state index in [4.69, 9.17) is 14.2 Å². The topological polar surface area (TPSA) is 96.0 Å². The number of rotatable bonds is 6. The van der Waals surface area contributed by atoms with Crippen LogP contribution in [0.3, 0.4) is 0 Å². The standard InChI is InChI=1S/C24H30O7/c1-15(2)8-11-22(28)21-14-30-24(31-17(4)27)23-19(13-29-16(3)26)7-5-6-18(12-25)9-10-20(21)23/h8-9,12-14,20,23-24H,5-7,10-11H2,1-4H3/t20-,23+,24-/m1/s1. The van der Waals surface area contributed by atoms with Crippen LogP contribution in [0.15, 0.2) is 47.0 Å². The summed E-state index contributed by atoms with van der Waals surface area (Å²) in [6.07, 6.45) is 8.57. The Balaban J connectivity index is 2.54. The maximum absolute atomic E-state index is 13.0. The van der Waals surface area contributed by atoms with Crippen LogP contribution >= 0.6 is 0 Å². The van der Waals surface area contributed by atoms with Crippen LogP contribution in [0.4, 0.5) is 0 Å². The van der Waals surface area contributed by atoms with E-state index in [9.17, 15) is 19.2 Å². The van der Waals surface area contributed by atoms with Crippen molar-refractivity contribution >= 4 is 24.0 Å². The zero-order valence-corrected chi connectivity index (χ0v) is 18.5. The molecule has 1 heterocycles. The second-order valence-electron chi connectivity index (χ2n) is 8.02. The van der Waals surface area contributed by atoms with Crippen LogP contribution in [0.1, 0.15) is 59.8 Å². The zero-order valence-electron chi connectivity index (χ0n) is 18.5. The molecule has 0 saturated carbocycles. The molecule has 0 bridgehead atoms. The van der Waals surface area contributed by atoms with Crippen molar-refractivity contribution in [2.75, 3.05) is 0 Å². The summed E-state index contributed by atoms with van der Waals surface area (Å²) >= 11 is 0. The molecular formula is C24H30O7. The summed E-state index contributed by atoms with van der Waals surface area (Å²) in [5.41, 5.74) is 2.84. The van der Waals surface area contributed by atoms with Crippen molar-refractivity contribution in [2.24, 2.45) is 11.8 Å². The fraction of sp³-hybridized carbons (Fsp3) is 0.500. The molecule has 7 heteroatoms. The minimum absolute atomic E-state index is 0.107. The van der Waals surface area contributed by atoms with Crippen molar-refractivity contribution < 1.29 is 33.4 Å². The Morgan fingerprint density at radius 3 is 2.48 bits per heavy atom. The fourth-order valence-corrected chi connectivity index (χ4v) is 3.80. The molecule has 7 nitrogen and oxygen atoms in total. The zero-order chi connectivity index (χ0) is 23.0. The van der Waals surface area contributed by atoms with E-state index in [0.29, 0.717) is 42.4 Å². The molecule has 0 fully saturated rings. The number of fused-ring (bicyclic) bond motifs is 1. The molecule has 168 valence electrons. The molecule has 1 aliphatic heterocycles. The van der Waals surface area contributed by atoms with E-state index in [1.165, 1.54) is 26.4 Å². The molecule has 0 aromatic heterocycles. The smallest absolute Gasteiger partial charge is 0.307 e. The Labute approximate surface area is 182 Å². The number of aldehydes is 1. The van der Waals surface area contributed by atoms with Crippen LogP contribution in [0.5, 0.6) is 0 Å². The van der Waals surface area contributed by atoms with Crippen LogP contribution in [0.25, 0.3) is 0 Å². The SMILES string of the molecule is CC(=O)OC=C1CCCC(C=O)=CC[C@@H]2C(C(=O)CC=C(C)C)=CO[C@H](OC(C)=O)[C@@H]12. The number of hydrogen-bond donors (Lipinski definition) is 0. The van der Waals surface area contributed by atoms with Gasteiger partial charge in [0, 0.05) is 31.8 Å². The minimum atomic E-state index is -0.963. The lowest BCUT2D eigenvalue weighted by atomic mass is 9.75. The van der Waals surface area contributed by atoms with E-state index in [1.54, 1.807) is 0 Å². The largest absolute Gasteiger partial charge is 0.461 e. The van der Waals surface area contributed by atoms with E-state index < -0.39 is 30.1 Å². The van der Waals surface area contributed by atoms with Gasteiger partial charge >= 0.3 is 11.9 Å². The van der Waals surface area contributed by atoms with E-state index in [1.807, 2.05) is 26.0 Å². The normalized spacial score (nSPS) is 24.6. The highest BCUT2D eigenvalue weighted by atomic mass is 16.7. The molecule has 3 atom stereocenters. The number of esters is 2. The van der Waals surface area contributed by atoms with Gasteiger partial charge in [-0.2, -0.15) is 0 Å². The molecule has 0 aromatic rings. The molecule has 0 N–H and O–H groups in total. The summed E-state index contributed by atoms with van der Waals surface area (Å²) in [5.74, 6) is -2.03. The maximum Gasteiger partial charge on any atom is 0.307 e. The van der Waals surface area contributed by atoms with Gasteiger partial charge in [-0.15, -0.1) is 0 Å². The lowest BCUT2D eigenvalue weighted by molar-refractivity contribution is -0.180. The number of ether oxygens (including phenoxy) is 3. The first-order valence-corrected chi connectivity index (χ1v) is 10.4. The van der Waals surface area contributed by atoms with Crippen molar-refractivity contribution in [1.29, 1.82) is 0 Å². The molecule has 0 spiro atoms. The van der Waals surface area contributed by atoms with Gasteiger partial charge in [0.15, 0.2) is 5.78 Å². The number of carbonyl (C=O) groups excluding carboxylic acids is 4. The predicted molar refractivity (Wildman–Crippen MR) is 113 cm³/mol. The Morgan fingerprint density at radius 2 is 1.87 bits per heavy atom. The van der Waals surface area contributed by atoms with Crippen LogP contribution in [-0.2, 0) is 33.4 Å². The monoisotopic (exact) mass is 430 g/mol. The summed E-state index contributed by atoms with van der Waals surface area (Å²) in [5, 5.41) is 0. The highest BCUT2D eigenvalue weighted by molar-refractivity contribution is 5.97. The van der Waals surface area contributed by atoms with Crippen LogP contribution in [0.2, 0.25) is 0 Å². The first-order chi connectivity index (χ1) is 14.7. The van der Waals surface area contributed by atoms with Crippen molar-refractivity contribution in [3.05, 3.63) is 47.0 Å². The quantitative estimate of drug-likeness (QED) is 0.271. The molecule has 0 aromatic carbocycles. The lowest BCUT2D eigenvalue weighted by Gasteiger charge is -2.37. The Morgan fingerprint density at radius 1 is 1.13 bits per heavy atom. The van der Waals surface area contributed by atoms with Gasteiger partial charge in [0.1, 0.15) is 6.29 Å². The first kappa shape index (κ1) is 24.3. The van der Waals surface area contributed by atoms with Gasteiger partial charge in [-0.1, -0.05) is 17.7 Å². The number of Topliss-reactive ketones (excluding diaryl/α,β-unsaturated/α-hetero) is 1. The fourth-order valence-electron chi connectivity index (χ4n) is 3.80. The number of carbonyl (C=O) groups is 4. The number of ketones is 1. The van der Waals surface area contributed by atoms with Gasteiger partial charge in [0.25, 0.3) is 6.29 Å².